The second-order valence-corrected chi connectivity index (χ2v) is 3.99. The molecular weight excluding hydrogens is 259 g/mol. The van der Waals surface area contributed by atoms with E-state index >= 15 is 0 Å². The van der Waals surface area contributed by atoms with Crippen molar-refractivity contribution in [2.24, 2.45) is 0 Å². The van der Waals surface area contributed by atoms with Crippen LogP contribution in [0.5, 0.6) is 0 Å². The Morgan fingerprint density at radius 1 is 1.21 bits per heavy atom. The molecule has 102 valence electrons. The fourth-order valence-corrected chi connectivity index (χ4v) is 1.83. The fraction of sp³-hybridized carbons (Fsp3) is 0.333. The second kappa shape index (κ2) is 5.40. The lowest BCUT2D eigenvalue weighted by Crippen LogP contribution is -2.05. The monoisotopic (exact) mass is 271 g/mol. The van der Waals surface area contributed by atoms with Gasteiger partial charge in [0.1, 0.15) is 5.69 Å². The molecule has 7 heteroatoms. The van der Waals surface area contributed by atoms with Crippen LogP contribution in [-0.2, 0) is 13.2 Å². The molecule has 0 radical (unpaired) electrons. The molecular formula is C12H12F3N3O. The number of rotatable bonds is 4. The van der Waals surface area contributed by atoms with Crippen LogP contribution < -0.4 is 0 Å². The zero-order chi connectivity index (χ0) is 14.0. The second-order valence-electron chi connectivity index (χ2n) is 3.99. The molecule has 1 N–H and O–H groups in total. The Balaban J connectivity index is 2.63. The van der Waals surface area contributed by atoms with Gasteiger partial charge in [-0.15, -0.1) is 5.10 Å². The van der Waals surface area contributed by atoms with E-state index in [2.05, 4.69) is 10.3 Å². The number of aryl methyl sites for hydroxylation is 1. The van der Waals surface area contributed by atoms with E-state index in [4.69, 9.17) is 5.11 Å². The Bertz CT molecular complexity index is 598. The van der Waals surface area contributed by atoms with Crippen molar-refractivity contribution in [3.05, 3.63) is 35.3 Å². The summed E-state index contributed by atoms with van der Waals surface area (Å²) < 4.78 is 41.4. The van der Waals surface area contributed by atoms with Gasteiger partial charge in [0.2, 0.25) is 0 Å². The first-order valence-corrected chi connectivity index (χ1v) is 5.77. The zero-order valence-electron chi connectivity index (χ0n) is 10.2. The molecule has 0 aliphatic rings. The Morgan fingerprint density at radius 2 is 1.95 bits per heavy atom. The van der Waals surface area contributed by atoms with Crippen LogP contribution in [0.25, 0.3) is 11.3 Å². The smallest absolute Gasteiger partial charge is 0.195 e. The molecule has 0 unspecified atom stereocenters. The van der Waals surface area contributed by atoms with E-state index in [1.807, 2.05) is 6.92 Å². The van der Waals surface area contributed by atoms with Crippen LogP contribution in [0.4, 0.5) is 13.2 Å². The number of benzene rings is 1. The minimum Gasteiger partial charge on any atom is -0.390 e. The normalized spacial score (nSPS) is 11.0. The highest BCUT2D eigenvalue weighted by Crippen LogP contribution is 2.28. The molecule has 0 aliphatic heterocycles. The van der Waals surface area contributed by atoms with Gasteiger partial charge in [0.15, 0.2) is 17.5 Å². The van der Waals surface area contributed by atoms with Gasteiger partial charge in [-0.05, 0) is 18.6 Å². The third-order valence-electron chi connectivity index (χ3n) is 2.68. The molecule has 1 heterocycles. The van der Waals surface area contributed by atoms with Gasteiger partial charge >= 0.3 is 0 Å². The molecule has 1 aromatic carbocycles. The molecule has 4 nitrogen and oxygen atoms in total. The third kappa shape index (κ3) is 2.33. The summed E-state index contributed by atoms with van der Waals surface area (Å²) in [6.45, 7) is 1.85. The van der Waals surface area contributed by atoms with Crippen molar-refractivity contribution in [3.63, 3.8) is 0 Å². The number of aromatic nitrogens is 3. The maximum Gasteiger partial charge on any atom is 0.195 e. The van der Waals surface area contributed by atoms with Gasteiger partial charge in [0.25, 0.3) is 0 Å². The first-order valence-electron chi connectivity index (χ1n) is 5.77. The van der Waals surface area contributed by atoms with E-state index in [9.17, 15) is 13.2 Å². The lowest BCUT2D eigenvalue weighted by Gasteiger charge is -2.08. The van der Waals surface area contributed by atoms with Gasteiger partial charge in [0, 0.05) is 12.1 Å². The van der Waals surface area contributed by atoms with Gasteiger partial charge in [-0.1, -0.05) is 12.1 Å². The van der Waals surface area contributed by atoms with E-state index in [1.165, 1.54) is 4.68 Å². The predicted octanol–water partition coefficient (Wildman–Crippen LogP) is 2.26. The van der Waals surface area contributed by atoms with E-state index in [-0.39, 0.29) is 17.0 Å². The lowest BCUT2D eigenvalue weighted by atomic mass is 10.1. The van der Waals surface area contributed by atoms with Crippen LogP contribution in [0.3, 0.4) is 0 Å². The standard InChI is InChI=1S/C12H12F3N3O/c1-2-5-18-12(9(6-19)16-17-18)7-3-4-8(13)11(15)10(7)14/h3-4,19H,2,5-6H2,1H3. The molecule has 0 spiro atoms. The van der Waals surface area contributed by atoms with Gasteiger partial charge < -0.3 is 5.11 Å². The molecule has 0 fully saturated rings. The Morgan fingerprint density at radius 3 is 2.58 bits per heavy atom. The average molecular weight is 271 g/mol. The number of hydrogen-bond donors (Lipinski definition) is 1. The summed E-state index contributed by atoms with van der Waals surface area (Å²) >= 11 is 0. The van der Waals surface area contributed by atoms with E-state index in [0.29, 0.717) is 13.0 Å². The molecule has 0 saturated carbocycles. The summed E-state index contributed by atoms with van der Waals surface area (Å²) in [6, 6.07) is 1.94. The first kappa shape index (κ1) is 13.5. The van der Waals surface area contributed by atoms with Gasteiger partial charge in [-0.25, -0.2) is 17.9 Å². The van der Waals surface area contributed by atoms with E-state index in [1.54, 1.807) is 0 Å². The number of aliphatic hydroxyl groups is 1. The molecule has 19 heavy (non-hydrogen) atoms. The summed E-state index contributed by atoms with van der Waals surface area (Å²) in [4.78, 5) is 0. The number of hydrogen-bond acceptors (Lipinski definition) is 3. The molecule has 2 aromatic rings. The van der Waals surface area contributed by atoms with Gasteiger partial charge in [0.05, 0.1) is 12.3 Å². The van der Waals surface area contributed by atoms with Crippen LogP contribution in [0, 0.1) is 17.5 Å². The lowest BCUT2D eigenvalue weighted by molar-refractivity contribution is 0.277. The van der Waals surface area contributed by atoms with E-state index < -0.39 is 24.1 Å². The largest absolute Gasteiger partial charge is 0.390 e. The molecule has 1 aromatic heterocycles. The molecule has 0 aliphatic carbocycles. The quantitative estimate of drug-likeness (QED) is 0.868. The highest BCUT2D eigenvalue weighted by molar-refractivity contribution is 5.62. The molecule has 0 amide bonds. The minimum atomic E-state index is -1.55. The average Bonchev–Trinajstić information content (AvgIpc) is 2.80. The maximum atomic E-state index is 13.8. The molecule has 2 rings (SSSR count). The van der Waals surface area contributed by atoms with Crippen molar-refractivity contribution < 1.29 is 18.3 Å². The summed E-state index contributed by atoms with van der Waals surface area (Å²) in [6.07, 6.45) is 0.701. The SMILES string of the molecule is CCCn1nnc(CO)c1-c1ccc(F)c(F)c1F. The van der Waals surface area contributed by atoms with Crippen molar-refractivity contribution in [2.45, 2.75) is 26.5 Å². The molecule has 0 saturated heterocycles. The zero-order valence-corrected chi connectivity index (χ0v) is 10.2. The van der Waals surface area contributed by atoms with Crippen molar-refractivity contribution in [3.8, 4) is 11.3 Å². The Kier molecular flexibility index (Phi) is 3.84. The van der Waals surface area contributed by atoms with Crippen molar-refractivity contribution in [1.29, 1.82) is 0 Å². The highest BCUT2D eigenvalue weighted by atomic mass is 19.2. The van der Waals surface area contributed by atoms with Gasteiger partial charge in [-0.2, -0.15) is 0 Å². The Hall–Kier alpha value is -1.89. The summed E-state index contributed by atoms with van der Waals surface area (Å²) in [5.41, 5.74) is 0.125. The first-order chi connectivity index (χ1) is 9.10. The van der Waals surface area contributed by atoms with E-state index in [0.717, 1.165) is 12.1 Å². The van der Waals surface area contributed by atoms with Crippen molar-refractivity contribution in [2.75, 3.05) is 0 Å². The number of halogens is 3. The molecule has 0 atom stereocenters. The topological polar surface area (TPSA) is 50.9 Å². The fourth-order valence-electron chi connectivity index (χ4n) is 1.83. The van der Waals surface area contributed by atoms with Crippen molar-refractivity contribution in [1.82, 2.24) is 15.0 Å². The Labute approximate surface area is 107 Å². The number of nitrogens with zero attached hydrogens (tertiary/aromatic N) is 3. The summed E-state index contributed by atoms with van der Waals surface area (Å²) in [5.74, 6) is -4.12. The summed E-state index contributed by atoms with van der Waals surface area (Å²) in [7, 11) is 0. The van der Waals surface area contributed by atoms with Crippen LogP contribution in [0.2, 0.25) is 0 Å². The van der Waals surface area contributed by atoms with Crippen molar-refractivity contribution >= 4 is 0 Å². The van der Waals surface area contributed by atoms with Gasteiger partial charge in [-0.3, -0.25) is 0 Å². The van der Waals surface area contributed by atoms with Crippen LogP contribution >= 0.6 is 0 Å². The van der Waals surface area contributed by atoms with Crippen LogP contribution in [-0.4, -0.2) is 20.1 Å². The molecule has 0 bridgehead atoms. The highest BCUT2D eigenvalue weighted by Gasteiger charge is 2.21. The third-order valence-corrected chi connectivity index (χ3v) is 2.68. The summed E-state index contributed by atoms with van der Waals surface area (Å²) in [5, 5.41) is 16.6. The van der Waals surface area contributed by atoms with Crippen LogP contribution in [0.15, 0.2) is 12.1 Å². The van der Waals surface area contributed by atoms with Crippen LogP contribution in [0.1, 0.15) is 19.0 Å². The maximum absolute atomic E-state index is 13.8. The minimum absolute atomic E-state index is 0.123. The predicted molar refractivity (Wildman–Crippen MR) is 61.5 cm³/mol. The number of aliphatic hydroxyl groups excluding tert-OH is 1.